The Kier molecular flexibility index (Phi) is 6.93. The molecule has 1 atom stereocenters. The summed E-state index contributed by atoms with van der Waals surface area (Å²) in [5.41, 5.74) is 1.54. The van der Waals surface area contributed by atoms with Crippen LogP contribution in [-0.2, 0) is 4.79 Å². The van der Waals surface area contributed by atoms with Gasteiger partial charge in [-0.15, -0.1) is 10.2 Å². The maximum Gasteiger partial charge on any atom is 0.240 e. The summed E-state index contributed by atoms with van der Waals surface area (Å²) in [5.74, 6) is 7.28. The molecule has 0 unspecified atom stereocenters. The fourth-order valence-electron chi connectivity index (χ4n) is 2.86. The van der Waals surface area contributed by atoms with Crippen molar-refractivity contribution in [1.82, 2.24) is 14.9 Å². The molecule has 2 N–H and O–H groups in total. The molecule has 0 aliphatic rings. The first-order valence-corrected chi connectivity index (χ1v) is 10.2. The first-order chi connectivity index (χ1) is 14.5. The van der Waals surface area contributed by atoms with Gasteiger partial charge in [-0.25, -0.2) is 4.68 Å². The average molecular weight is 423 g/mol. The number of rotatable bonds is 8. The molecule has 8 nitrogen and oxygen atoms in total. The van der Waals surface area contributed by atoms with Crippen LogP contribution < -0.4 is 15.5 Å². The van der Waals surface area contributed by atoms with E-state index in [4.69, 9.17) is 15.8 Å². The summed E-state index contributed by atoms with van der Waals surface area (Å²) < 4.78 is 6.54. The van der Waals surface area contributed by atoms with E-state index in [0.29, 0.717) is 17.5 Å². The molecule has 0 bridgehead atoms. The maximum atomic E-state index is 13.1. The van der Waals surface area contributed by atoms with E-state index >= 15 is 0 Å². The van der Waals surface area contributed by atoms with E-state index in [9.17, 15) is 4.79 Å². The van der Waals surface area contributed by atoms with Crippen LogP contribution in [0.4, 0.5) is 5.69 Å². The minimum atomic E-state index is -0.473. The average Bonchev–Trinajstić information content (AvgIpc) is 3.14. The van der Waals surface area contributed by atoms with Crippen LogP contribution in [0, 0.1) is 11.3 Å². The van der Waals surface area contributed by atoms with Crippen molar-refractivity contribution in [3.8, 4) is 23.2 Å². The van der Waals surface area contributed by atoms with Crippen molar-refractivity contribution in [3.63, 3.8) is 0 Å². The number of carbonyl (C=O) groups excluding carboxylic acids is 1. The summed E-state index contributed by atoms with van der Waals surface area (Å²) in [6.07, 6.45) is 0.243. The minimum absolute atomic E-state index is 0.129. The highest BCUT2D eigenvalue weighted by Gasteiger charge is 2.25. The minimum Gasteiger partial charge on any atom is -0.497 e. The Labute approximate surface area is 179 Å². The van der Waals surface area contributed by atoms with Crippen LogP contribution >= 0.6 is 11.8 Å². The van der Waals surface area contributed by atoms with Crippen molar-refractivity contribution in [2.24, 2.45) is 0 Å². The number of ether oxygens (including phenoxy) is 1. The number of amides is 1. The van der Waals surface area contributed by atoms with Crippen LogP contribution in [0.25, 0.3) is 11.4 Å². The Morgan fingerprint density at radius 2 is 1.93 bits per heavy atom. The number of nitriles is 1. The van der Waals surface area contributed by atoms with Gasteiger partial charge in [0, 0.05) is 17.8 Å². The third kappa shape index (κ3) is 4.72. The molecule has 0 saturated heterocycles. The molecular formula is C21H22N6O2S. The van der Waals surface area contributed by atoms with E-state index in [2.05, 4.69) is 16.3 Å². The van der Waals surface area contributed by atoms with Crippen LogP contribution in [0.1, 0.15) is 13.3 Å². The third-order valence-corrected chi connectivity index (χ3v) is 5.47. The smallest absolute Gasteiger partial charge is 0.240 e. The number of methoxy groups -OCH3 is 1. The lowest BCUT2D eigenvalue weighted by Gasteiger charge is -2.24. The number of anilines is 1. The topological polar surface area (TPSA) is 110 Å². The summed E-state index contributed by atoms with van der Waals surface area (Å²) >= 11 is 1.22. The van der Waals surface area contributed by atoms with E-state index in [0.717, 1.165) is 17.0 Å². The number of hydrogen-bond donors (Lipinski definition) is 1. The first kappa shape index (κ1) is 21.2. The number of nitrogen functional groups attached to an aromatic ring is 1. The molecule has 0 fully saturated rings. The molecule has 2 aromatic carbocycles. The fourth-order valence-corrected chi connectivity index (χ4v) is 3.69. The summed E-state index contributed by atoms with van der Waals surface area (Å²) in [5, 5.41) is 17.2. The van der Waals surface area contributed by atoms with Gasteiger partial charge in [-0.3, -0.25) is 4.79 Å². The van der Waals surface area contributed by atoms with Gasteiger partial charge < -0.3 is 15.5 Å². The molecule has 3 aromatic rings. The van der Waals surface area contributed by atoms with Gasteiger partial charge in [-0.2, -0.15) is 5.26 Å². The molecule has 0 aliphatic carbocycles. The van der Waals surface area contributed by atoms with Gasteiger partial charge in [-0.1, -0.05) is 30.0 Å². The summed E-state index contributed by atoms with van der Waals surface area (Å²) in [6.45, 7) is 2.10. The second-order valence-corrected chi connectivity index (χ2v) is 7.71. The van der Waals surface area contributed by atoms with Gasteiger partial charge in [0.15, 0.2) is 5.82 Å². The molecule has 0 aliphatic heterocycles. The fraction of sp³-hybridized carbons (Fsp3) is 0.238. The summed E-state index contributed by atoms with van der Waals surface area (Å²) in [7, 11) is 1.60. The van der Waals surface area contributed by atoms with Crippen LogP contribution in [0.5, 0.6) is 5.75 Å². The van der Waals surface area contributed by atoms with Crippen molar-refractivity contribution in [2.75, 3.05) is 24.4 Å². The van der Waals surface area contributed by atoms with Gasteiger partial charge >= 0.3 is 0 Å². The molecule has 0 spiro atoms. The molecule has 1 heterocycles. The quantitative estimate of drug-likeness (QED) is 0.439. The predicted molar refractivity (Wildman–Crippen MR) is 117 cm³/mol. The number of nitrogens with two attached hydrogens (primary N) is 1. The Balaban J connectivity index is 1.77. The number of para-hydroxylation sites is 1. The monoisotopic (exact) mass is 422 g/mol. The largest absolute Gasteiger partial charge is 0.497 e. The lowest BCUT2D eigenvalue weighted by Crippen LogP contribution is -2.37. The van der Waals surface area contributed by atoms with Crippen LogP contribution in [0.15, 0.2) is 59.8 Å². The van der Waals surface area contributed by atoms with Crippen molar-refractivity contribution in [3.05, 3.63) is 54.6 Å². The Morgan fingerprint density at radius 1 is 1.23 bits per heavy atom. The Bertz CT molecular complexity index is 1030. The molecule has 1 aromatic heterocycles. The predicted octanol–water partition coefficient (Wildman–Crippen LogP) is 3.09. The van der Waals surface area contributed by atoms with Crippen molar-refractivity contribution >= 4 is 23.4 Å². The van der Waals surface area contributed by atoms with E-state index in [1.54, 1.807) is 18.9 Å². The number of benzene rings is 2. The SMILES string of the molecule is COc1ccc(-c2nnc(S[C@H](C)C(=O)N(CCC#N)c3ccccc3)n2N)cc1. The van der Waals surface area contributed by atoms with E-state index in [1.165, 1.54) is 16.4 Å². The molecule has 1 amide bonds. The van der Waals surface area contributed by atoms with Crippen LogP contribution in [0.2, 0.25) is 0 Å². The second kappa shape index (κ2) is 9.80. The highest BCUT2D eigenvalue weighted by atomic mass is 32.2. The summed E-state index contributed by atoms with van der Waals surface area (Å²) in [6, 6.07) is 18.7. The standard InChI is InChI=1S/C21H22N6O2S/c1-15(20(28)26(14-6-13-22)17-7-4-3-5-8-17)30-21-25-24-19(27(21)23)16-9-11-18(29-2)12-10-16/h3-5,7-12,15H,6,14,23H2,1-2H3/t15-/m1/s1. The van der Waals surface area contributed by atoms with Crippen LogP contribution in [0.3, 0.4) is 0 Å². The van der Waals surface area contributed by atoms with Gasteiger partial charge in [0.2, 0.25) is 11.1 Å². The maximum absolute atomic E-state index is 13.1. The Morgan fingerprint density at radius 3 is 2.57 bits per heavy atom. The molecule has 3 rings (SSSR count). The van der Waals surface area contributed by atoms with Crippen LogP contribution in [-0.4, -0.2) is 39.7 Å². The van der Waals surface area contributed by atoms with Gasteiger partial charge in [0.25, 0.3) is 0 Å². The van der Waals surface area contributed by atoms with E-state index < -0.39 is 5.25 Å². The zero-order valence-corrected chi connectivity index (χ0v) is 17.5. The highest BCUT2D eigenvalue weighted by molar-refractivity contribution is 8.00. The Hall–Kier alpha value is -3.51. The normalized spacial score (nSPS) is 11.5. The number of thioether (sulfide) groups is 1. The zero-order valence-electron chi connectivity index (χ0n) is 16.7. The zero-order chi connectivity index (χ0) is 21.5. The van der Waals surface area contributed by atoms with E-state index in [-0.39, 0.29) is 12.3 Å². The number of nitrogens with zero attached hydrogens (tertiary/aromatic N) is 5. The third-order valence-electron chi connectivity index (χ3n) is 4.42. The first-order valence-electron chi connectivity index (χ1n) is 9.30. The number of carbonyl (C=O) groups is 1. The second-order valence-electron chi connectivity index (χ2n) is 6.40. The lowest BCUT2D eigenvalue weighted by molar-refractivity contribution is -0.117. The number of aromatic nitrogens is 3. The number of hydrogen-bond acceptors (Lipinski definition) is 7. The molecule has 0 radical (unpaired) electrons. The molecule has 0 saturated carbocycles. The highest BCUT2D eigenvalue weighted by Crippen LogP contribution is 2.28. The summed E-state index contributed by atoms with van der Waals surface area (Å²) in [4.78, 5) is 14.7. The van der Waals surface area contributed by atoms with Crippen molar-refractivity contribution in [1.29, 1.82) is 5.26 Å². The van der Waals surface area contributed by atoms with Gasteiger partial charge in [-0.05, 0) is 43.3 Å². The molecular weight excluding hydrogens is 400 g/mol. The van der Waals surface area contributed by atoms with E-state index in [1.807, 2.05) is 54.6 Å². The molecule has 30 heavy (non-hydrogen) atoms. The molecule has 9 heteroatoms. The lowest BCUT2D eigenvalue weighted by atomic mass is 10.2. The van der Waals surface area contributed by atoms with Crippen molar-refractivity contribution in [2.45, 2.75) is 23.8 Å². The van der Waals surface area contributed by atoms with Gasteiger partial charge in [0.05, 0.1) is 24.8 Å². The molecule has 154 valence electrons. The van der Waals surface area contributed by atoms with Crippen molar-refractivity contribution < 1.29 is 9.53 Å². The van der Waals surface area contributed by atoms with Gasteiger partial charge in [0.1, 0.15) is 5.75 Å².